The molecule has 1 aliphatic heterocycles. The first-order valence-corrected chi connectivity index (χ1v) is 15.6. The molecule has 0 amide bonds. The summed E-state index contributed by atoms with van der Waals surface area (Å²) in [6, 6.07) is 26.6. The van der Waals surface area contributed by atoms with Gasteiger partial charge in [-0.2, -0.15) is 0 Å². The highest BCUT2D eigenvalue weighted by atomic mass is 28.4. The molecular weight excluding hydrogens is 524 g/mol. The molecule has 3 aromatic carbocycles. The van der Waals surface area contributed by atoms with E-state index in [0.717, 1.165) is 5.56 Å². The zero-order chi connectivity index (χ0) is 28.6. The van der Waals surface area contributed by atoms with Gasteiger partial charge in [-0.15, -0.1) is 0 Å². The standard InChI is InChI=1S/C32H40O7Si/c1-6-35-31(33)20-27(24-17-18-28-29(19-24)38-23-37-28)30(36-22-34-5)21-39-40(32(2,3)4,25-13-9-7-10-14-25)26-15-11-8-12-16-26/h7-19,27,30H,6,20-23H2,1-5H3/t27-,30+/m0/s1. The lowest BCUT2D eigenvalue weighted by atomic mass is 9.90. The van der Waals surface area contributed by atoms with Gasteiger partial charge in [-0.05, 0) is 40.0 Å². The van der Waals surface area contributed by atoms with Crippen molar-refractivity contribution >= 4 is 24.7 Å². The lowest BCUT2D eigenvalue weighted by molar-refractivity contribution is -0.146. The third kappa shape index (κ3) is 6.58. The van der Waals surface area contributed by atoms with Crippen molar-refractivity contribution in [3.63, 3.8) is 0 Å². The Bertz CT molecular complexity index is 1190. The smallest absolute Gasteiger partial charge is 0.306 e. The summed E-state index contributed by atoms with van der Waals surface area (Å²) in [7, 11) is -1.27. The summed E-state index contributed by atoms with van der Waals surface area (Å²) in [6.45, 7) is 9.28. The van der Waals surface area contributed by atoms with E-state index >= 15 is 0 Å². The third-order valence-electron chi connectivity index (χ3n) is 7.25. The molecular formula is C32H40O7Si. The van der Waals surface area contributed by atoms with Gasteiger partial charge in [0.25, 0.3) is 8.32 Å². The van der Waals surface area contributed by atoms with E-state index in [1.54, 1.807) is 14.0 Å². The fraction of sp³-hybridized carbons (Fsp3) is 0.406. The summed E-state index contributed by atoms with van der Waals surface area (Å²) in [5.41, 5.74) is 0.879. The van der Waals surface area contributed by atoms with Gasteiger partial charge in [0.1, 0.15) is 6.79 Å². The number of ether oxygens (including phenoxy) is 5. The molecule has 2 atom stereocenters. The highest BCUT2D eigenvalue weighted by molar-refractivity contribution is 6.99. The number of carbonyl (C=O) groups excluding carboxylic acids is 1. The monoisotopic (exact) mass is 564 g/mol. The molecule has 0 radical (unpaired) electrons. The van der Waals surface area contributed by atoms with Gasteiger partial charge in [-0.1, -0.05) is 87.5 Å². The Balaban J connectivity index is 1.76. The molecule has 3 aromatic rings. The maximum atomic E-state index is 12.8. The van der Waals surface area contributed by atoms with Crippen LogP contribution in [-0.4, -0.2) is 54.3 Å². The molecule has 0 spiro atoms. The van der Waals surface area contributed by atoms with Crippen molar-refractivity contribution in [2.45, 2.75) is 51.2 Å². The SMILES string of the molecule is CCOC(=O)C[C@@H](c1ccc2c(c1)OCO2)[C@@H](CO[Si](c1ccccc1)(c1ccccc1)C(C)(C)C)OCOC. The van der Waals surface area contributed by atoms with Crippen molar-refractivity contribution in [3.8, 4) is 11.5 Å². The largest absolute Gasteiger partial charge is 0.466 e. The molecule has 214 valence electrons. The number of fused-ring (bicyclic) bond motifs is 1. The van der Waals surface area contributed by atoms with Crippen LogP contribution in [-0.2, 0) is 23.4 Å². The topological polar surface area (TPSA) is 72.5 Å². The Morgan fingerprint density at radius 2 is 1.55 bits per heavy atom. The molecule has 1 aliphatic rings. The summed E-state index contributed by atoms with van der Waals surface area (Å²) < 4.78 is 35.4. The minimum Gasteiger partial charge on any atom is -0.466 e. The van der Waals surface area contributed by atoms with Gasteiger partial charge in [0, 0.05) is 13.0 Å². The van der Waals surface area contributed by atoms with Crippen LogP contribution in [0.1, 0.15) is 45.6 Å². The van der Waals surface area contributed by atoms with Gasteiger partial charge in [0.05, 0.1) is 25.7 Å². The maximum Gasteiger partial charge on any atom is 0.306 e. The molecule has 1 heterocycles. The van der Waals surface area contributed by atoms with Crippen LogP contribution in [0.4, 0.5) is 0 Å². The first-order valence-electron chi connectivity index (χ1n) is 13.7. The lowest BCUT2D eigenvalue weighted by Gasteiger charge is -2.44. The third-order valence-corrected chi connectivity index (χ3v) is 12.3. The summed E-state index contributed by atoms with van der Waals surface area (Å²) in [5.74, 6) is 0.643. The van der Waals surface area contributed by atoms with Gasteiger partial charge in [0.2, 0.25) is 6.79 Å². The van der Waals surface area contributed by atoms with E-state index in [4.69, 9.17) is 28.1 Å². The second-order valence-electron chi connectivity index (χ2n) is 10.8. The number of benzene rings is 3. The Kier molecular flexibility index (Phi) is 10.0. The minimum absolute atomic E-state index is 0.0542. The van der Waals surface area contributed by atoms with Crippen LogP contribution in [0.5, 0.6) is 11.5 Å². The number of carbonyl (C=O) groups is 1. The van der Waals surface area contributed by atoms with E-state index in [-0.39, 0.29) is 43.5 Å². The van der Waals surface area contributed by atoms with Crippen molar-refractivity contribution in [1.82, 2.24) is 0 Å². The number of rotatable bonds is 13. The van der Waals surface area contributed by atoms with Crippen LogP contribution in [0.2, 0.25) is 5.04 Å². The van der Waals surface area contributed by atoms with Crippen LogP contribution in [0, 0.1) is 0 Å². The van der Waals surface area contributed by atoms with Crippen molar-refractivity contribution in [3.05, 3.63) is 84.4 Å². The van der Waals surface area contributed by atoms with Gasteiger partial charge in [-0.3, -0.25) is 4.79 Å². The van der Waals surface area contributed by atoms with E-state index in [1.807, 2.05) is 30.3 Å². The second-order valence-corrected chi connectivity index (χ2v) is 15.1. The fourth-order valence-corrected chi connectivity index (χ4v) is 9.98. The zero-order valence-corrected chi connectivity index (χ0v) is 25.1. The first kappa shape index (κ1) is 29.8. The summed E-state index contributed by atoms with van der Waals surface area (Å²) in [6.07, 6.45) is -0.391. The van der Waals surface area contributed by atoms with Crippen molar-refractivity contribution in [2.24, 2.45) is 0 Å². The van der Waals surface area contributed by atoms with Crippen LogP contribution < -0.4 is 19.8 Å². The molecule has 0 unspecified atom stereocenters. The van der Waals surface area contributed by atoms with Crippen LogP contribution in [0.3, 0.4) is 0 Å². The molecule has 40 heavy (non-hydrogen) atoms. The molecule has 8 heteroatoms. The van der Waals surface area contributed by atoms with Gasteiger partial charge >= 0.3 is 5.97 Å². The normalized spacial score (nSPS) is 14.5. The quantitative estimate of drug-likeness (QED) is 0.164. The molecule has 7 nitrogen and oxygen atoms in total. The van der Waals surface area contributed by atoms with Gasteiger partial charge in [0.15, 0.2) is 11.5 Å². The zero-order valence-electron chi connectivity index (χ0n) is 24.1. The summed E-state index contributed by atoms with van der Waals surface area (Å²) in [5, 5.41) is 2.13. The lowest BCUT2D eigenvalue weighted by Crippen LogP contribution is -2.67. The van der Waals surface area contributed by atoms with E-state index < -0.39 is 14.4 Å². The Morgan fingerprint density at radius 1 is 0.925 bits per heavy atom. The Morgan fingerprint density at radius 3 is 2.12 bits per heavy atom. The number of hydrogen-bond acceptors (Lipinski definition) is 7. The number of methoxy groups -OCH3 is 1. The summed E-state index contributed by atoms with van der Waals surface area (Å²) >= 11 is 0. The van der Waals surface area contributed by atoms with Crippen molar-refractivity contribution < 1.29 is 32.9 Å². The van der Waals surface area contributed by atoms with Gasteiger partial charge in [-0.25, -0.2) is 0 Å². The molecule has 0 aliphatic carbocycles. The maximum absolute atomic E-state index is 12.8. The highest BCUT2D eigenvalue weighted by Gasteiger charge is 2.50. The average molecular weight is 565 g/mol. The highest BCUT2D eigenvalue weighted by Crippen LogP contribution is 2.40. The van der Waals surface area contributed by atoms with E-state index in [2.05, 4.69) is 69.3 Å². The molecule has 0 N–H and O–H groups in total. The van der Waals surface area contributed by atoms with Crippen LogP contribution in [0.25, 0.3) is 0 Å². The van der Waals surface area contributed by atoms with Crippen LogP contribution in [0.15, 0.2) is 78.9 Å². The van der Waals surface area contributed by atoms with E-state index in [0.29, 0.717) is 18.1 Å². The molecule has 0 bridgehead atoms. The average Bonchev–Trinajstić information content (AvgIpc) is 3.42. The number of esters is 1. The fourth-order valence-electron chi connectivity index (χ4n) is 5.41. The Hall–Kier alpha value is -3.17. The predicted octanol–water partition coefficient (Wildman–Crippen LogP) is 5.02. The molecule has 0 fully saturated rings. The summed E-state index contributed by atoms with van der Waals surface area (Å²) in [4.78, 5) is 12.8. The number of hydrogen-bond donors (Lipinski definition) is 0. The predicted molar refractivity (Wildman–Crippen MR) is 157 cm³/mol. The van der Waals surface area contributed by atoms with Crippen molar-refractivity contribution in [1.29, 1.82) is 0 Å². The van der Waals surface area contributed by atoms with E-state index in [9.17, 15) is 4.79 Å². The molecule has 0 saturated heterocycles. The first-order chi connectivity index (χ1) is 19.3. The van der Waals surface area contributed by atoms with Gasteiger partial charge < -0.3 is 28.1 Å². The van der Waals surface area contributed by atoms with E-state index in [1.165, 1.54) is 10.4 Å². The molecule has 0 aromatic heterocycles. The van der Waals surface area contributed by atoms with Crippen molar-refractivity contribution in [2.75, 3.05) is 33.9 Å². The molecule has 4 rings (SSSR count). The second kappa shape index (κ2) is 13.5. The molecule has 0 saturated carbocycles. The van der Waals surface area contributed by atoms with Crippen LogP contribution >= 0.6 is 0 Å². The minimum atomic E-state index is -2.85. The Labute approximate surface area is 238 Å².